The molecule has 0 bridgehead atoms. The third-order valence-corrected chi connectivity index (χ3v) is 4.73. The minimum Gasteiger partial charge on any atom is -0.463 e. The first-order valence-electron chi connectivity index (χ1n) is 9.55. The standard InChI is InChI=1S/C18H35N3O5S/c1-6-8-10-23-12-16(20-21-19)18(27-5)26-17(13-25-15(4)22)14(3)24-11-9-7-2/h14,16-18H,6-13H2,1-5H3/t14-,16-,17?,18-/m0/s1. The number of esters is 1. The summed E-state index contributed by atoms with van der Waals surface area (Å²) in [5, 5.41) is 3.84. The van der Waals surface area contributed by atoms with Gasteiger partial charge in [-0.3, -0.25) is 4.79 Å². The Bertz CT molecular complexity index is 435. The molecule has 0 rings (SSSR count). The monoisotopic (exact) mass is 405 g/mol. The second kappa shape index (κ2) is 17.1. The van der Waals surface area contributed by atoms with Gasteiger partial charge in [-0.05, 0) is 31.6 Å². The van der Waals surface area contributed by atoms with E-state index in [1.165, 1.54) is 18.7 Å². The van der Waals surface area contributed by atoms with Gasteiger partial charge < -0.3 is 18.9 Å². The van der Waals surface area contributed by atoms with E-state index in [1.807, 2.05) is 13.2 Å². The van der Waals surface area contributed by atoms with E-state index in [2.05, 4.69) is 23.9 Å². The fourth-order valence-corrected chi connectivity index (χ4v) is 2.87. The first-order valence-corrected chi connectivity index (χ1v) is 10.8. The molecular weight excluding hydrogens is 370 g/mol. The van der Waals surface area contributed by atoms with Crippen LogP contribution in [-0.4, -0.2) is 62.3 Å². The van der Waals surface area contributed by atoms with E-state index in [-0.39, 0.29) is 25.3 Å². The Balaban J connectivity index is 4.96. The first kappa shape index (κ1) is 26.0. The van der Waals surface area contributed by atoms with Gasteiger partial charge in [-0.25, -0.2) is 0 Å². The summed E-state index contributed by atoms with van der Waals surface area (Å²) in [4.78, 5) is 14.1. The molecule has 1 unspecified atom stereocenters. The molecule has 0 aliphatic carbocycles. The van der Waals surface area contributed by atoms with Crippen LogP contribution in [-0.2, 0) is 23.7 Å². The van der Waals surface area contributed by atoms with Gasteiger partial charge in [0.05, 0.1) is 18.8 Å². The van der Waals surface area contributed by atoms with Crippen LogP contribution in [0.4, 0.5) is 0 Å². The van der Waals surface area contributed by atoms with Gasteiger partial charge in [0.1, 0.15) is 18.1 Å². The molecule has 0 fully saturated rings. The molecule has 0 aliphatic heterocycles. The van der Waals surface area contributed by atoms with Crippen LogP contribution in [0.5, 0.6) is 0 Å². The van der Waals surface area contributed by atoms with Crippen molar-refractivity contribution in [3.05, 3.63) is 10.4 Å². The molecule has 0 aromatic heterocycles. The Hall–Kier alpha value is -0.990. The van der Waals surface area contributed by atoms with Crippen molar-refractivity contribution in [3.8, 4) is 0 Å². The molecule has 0 aromatic rings. The summed E-state index contributed by atoms with van der Waals surface area (Å²) >= 11 is 1.43. The zero-order chi connectivity index (χ0) is 20.5. The molecule has 4 atom stereocenters. The highest BCUT2D eigenvalue weighted by Crippen LogP contribution is 2.21. The van der Waals surface area contributed by atoms with Gasteiger partial charge in [0.25, 0.3) is 0 Å². The highest BCUT2D eigenvalue weighted by atomic mass is 32.2. The summed E-state index contributed by atoms with van der Waals surface area (Å²) in [6, 6.07) is -0.482. The van der Waals surface area contributed by atoms with Crippen LogP contribution in [0.3, 0.4) is 0 Å². The number of nitrogens with zero attached hydrogens (tertiary/aromatic N) is 3. The zero-order valence-electron chi connectivity index (χ0n) is 17.3. The first-order chi connectivity index (χ1) is 13.0. The van der Waals surface area contributed by atoms with Crippen LogP contribution in [0.1, 0.15) is 53.4 Å². The van der Waals surface area contributed by atoms with E-state index >= 15 is 0 Å². The second-order valence-corrected chi connectivity index (χ2v) is 7.15. The Labute approximate surface area is 167 Å². The largest absolute Gasteiger partial charge is 0.463 e. The molecule has 9 heteroatoms. The van der Waals surface area contributed by atoms with Crippen LogP contribution in [0.15, 0.2) is 5.11 Å². The number of rotatable bonds is 17. The van der Waals surface area contributed by atoms with E-state index in [9.17, 15) is 4.79 Å². The molecular formula is C18H35N3O5S. The van der Waals surface area contributed by atoms with E-state index < -0.39 is 17.6 Å². The number of ether oxygens (including phenoxy) is 4. The number of hydrogen-bond acceptors (Lipinski definition) is 7. The van der Waals surface area contributed by atoms with Gasteiger partial charge in [0.2, 0.25) is 0 Å². The Morgan fingerprint density at radius 1 is 1.19 bits per heavy atom. The van der Waals surface area contributed by atoms with E-state index in [0.29, 0.717) is 13.2 Å². The highest BCUT2D eigenvalue weighted by Gasteiger charge is 2.29. The molecule has 0 N–H and O–H groups in total. The van der Waals surface area contributed by atoms with E-state index in [4.69, 9.17) is 24.5 Å². The topological polar surface area (TPSA) is 103 Å². The fourth-order valence-electron chi connectivity index (χ4n) is 2.16. The molecule has 8 nitrogen and oxygen atoms in total. The van der Waals surface area contributed by atoms with Crippen molar-refractivity contribution in [2.24, 2.45) is 5.11 Å². The molecule has 0 amide bonds. The molecule has 0 aliphatic rings. The van der Waals surface area contributed by atoms with Gasteiger partial charge in [-0.2, -0.15) is 0 Å². The summed E-state index contributed by atoms with van der Waals surface area (Å²) in [7, 11) is 0. The number of azide groups is 1. The number of hydrogen-bond donors (Lipinski definition) is 0. The van der Waals surface area contributed by atoms with Crippen molar-refractivity contribution in [1.82, 2.24) is 0 Å². The van der Waals surface area contributed by atoms with E-state index in [1.54, 1.807) is 0 Å². The Kier molecular flexibility index (Phi) is 16.5. The van der Waals surface area contributed by atoms with Crippen LogP contribution >= 0.6 is 11.8 Å². The molecule has 0 radical (unpaired) electrons. The summed E-state index contributed by atoms with van der Waals surface area (Å²) < 4.78 is 22.7. The molecule has 0 aromatic carbocycles. The highest BCUT2D eigenvalue weighted by molar-refractivity contribution is 7.99. The quantitative estimate of drug-likeness (QED) is 0.0891. The second-order valence-electron chi connectivity index (χ2n) is 6.21. The summed E-state index contributed by atoms with van der Waals surface area (Å²) in [5.41, 5.74) is 8.46. The van der Waals surface area contributed by atoms with Crippen LogP contribution in [0, 0.1) is 0 Å². The van der Waals surface area contributed by atoms with E-state index in [0.717, 1.165) is 25.7 Å². The zero-order valence-corrected chi connectivity index (χ0v) is 18.1. The molecule has 158 valence electrons. The maximum absolute atomic E-state index is 11.2. The smallest absolute Gasteiger partial charge is 0.302 e. The average Bonchev–Trinajstić information content (AvgIpc) is 2.64. The normalized spacial score (nSPS) is 15.4. The van der Waals surface area contributed by atoms with Crippen molar-refractivity contribution in [2.45, 2.75) is 77.1 Å². The van der Waals surface area contributed by atoms with Gasteiger partial charge in [0, 0.05) is 25.0 Å². The molecule has 0 saturated carbocycles. The van der Waals surface area contributed by atoms with Crippen molar-refractivity contribution in [3.63, 3.8) is 0 Å². The Morgan fingerprint density at radius 3 is 2.41 bits per heavy atom. The van der Waals surface area contributed by atoms with Gasteiger partial charge >= 0.3 is 5.97 Å². The SMILES string of the molecule is CCCCOC[C@H](N=[N+]=[N-])[C@@H](OC(COC(C)=O)[C@H](C)OCCCC)SC. The predicted molar refractivity (Wildman–Crippen MR) is 108 cm³/mol. The van der Waals surface area contributed by atoms with Crippen molar-refractivity contribution >= 4 is 17.7 Å². The van der Waals surface area contributed by atoms with Gasteiger partial charge in [-0.1, -0.05) is 31.8 Å². The summed E-state index contributed by atoms with van der Waals surface area (Å²) in [5.74, 6) is -0.375. The molecule has 27 heavy (non-hydrogen) atoms. The molecule has 0 heterocycles. The fraction of sp³-hybridized carbons (Fsp3) is 0.944. The number of unbranched alkanes of at least 4 members (excludes halogenated alkanes) is 2. The predicted octanol–water partition coefficient (Wildman–Crippen LogP) is 4.32. The summed E-state index contributed by atoms with van der Waals surface area (Å²) in [6.07, 6.45) is 5.11. The minimum atomic E-state index is -0.482. The molecule has 0 saturated heterocycles. The lowest BCUT2D eigenvalue weighted by Gasteiger charge is -2.30. The van der Waals surface area contributed by atoms with Crippen LogP contribution in [0.25, 0.3) is 10.4 Å². The third-order valence-electron chi connectivity index (χ3n) is 3.84. The molecule has 0 spiro atoms. The Morgan fingerprint density at radius 2 is 1.85 bits per heavy atom. The number of carbonyl (C=O) groups excluding carboxylic acids is 1. The van der Waals surface area contributed by atoms with Crippen molar-refractivity contribution < 1.29 is 23.7 Å². The minimum absolute atomic E-state index is 0.0827. The number of thioether (sulfide) groups is 1. The van der Waals surface area contributed by atoms with Crippen LogP contribution in [0.2, 0.25) is 0 Å². The number of carbonyl (C=O) groups is 1. The van der Waals surface area contributed by atoms with Crippen molar-refractivity contribution in [1.29, 1.82) is 0 Å². The lowest BCUT2D eigenvalue weighted by atomic mass is 10.2. The van der Waals surface area contributed by atoms with Crippen LogP contribution < -0.4 is 0 Å². The van der Waals surface area contributed by atoms with Gasteiger partial charge in [-0.15, -0.1) is 11.8 Å². The average molecular weight is 406 g/mol. The van der Waals surface area contributed by atoms with Crippen molar-refractivity contribution in [2.75, 3.05) is 32.7 Å². The third kappa shape index (κ3) is 12.9. The maximum atomic E-state index is 11.2. The maximum Gasteiger partial charge on any atom is 0.302 e. The summed E-state index contributed by atoms with van der Waals surface area (Å²) in [6.45, 7) is 9.01. The lowest BCUT2D eigenvalue weighted by molar-refractivity contribution is -0.152. The van der Waals surface area contributed by atoms with Gasteiger partial charge in [0.15, 0.2) is 0 Å². The lowest BCUT2D eigenvalue weighted by Crippen LogP contribution is -2.40.